The van der Waals surface area contributed by atoms with Crippen LogP contribution in [0.3, 0.4) is 0 Å². The van der Waals surface area contributed by atoms with Crippen molar-refractivity contribution in [3.05, 3.63) is 60.7 Å². The zero-order valence-electron chi connectivity index (χ0n) is 16.6. The zero-order chi connectivity index (χ0) is 21.7. The summed E-state index contributed by atoms with van der Waals surface area (Å²) in [6.07, 6.45) is 1.34. The van der Waals surface area contributed by atoms with Crippen molar-refractivity contribution in [3.63, 3.8) is 0 Å². The molecule has 0 radical (unpaired) electrons. The fraction of sp³-hybridized carbons (Fsp3) is 0.200. The van der Waals surface area contributed by atoms with Gasteiger partial charge in [0.05, 0.1) is 4.90 Å². The molecule has 3 aromatic rings. The van der Waals surface area contributed by atoms with E-state index in [0.717, 1.165) is 0 Å². The molecule has 8 nitrogen and oxygen atoms in total. The number of rotatable bonds is 8. The quantitative estimate of drug-likeness (QED) is 0.499. The summed E-state index contributed by atoms with van der Waals surface area (Å²) in [5, 5.41) is 6.07. The van der Waals surface area contributed by atoms with Crippen LogP contribution < -0.4 is 16.4 Å². The highest BCUT2D eigenvalue weighted by molar-refractivity contribution is 7.89. The Morgan fingerprint density at radius 2 is 1.37 bits per heavy atom. The monoisotopic (exact) mass is 430 g/mol. The van der Waals surface area contributed by atoms with Gasteiger partial charge in [-0.2, -0.15) is 4.31 Å². The first-order chi connectivity index (χ1) is 14.3. The topological polar surface area (TPSA) is 113 Å². The van der Waals surface area contributed by atoms with Gasteiger partial charge in [0.1, 0.15) is 17.8 Å². The molecule has 2 aromatic carbocycles. The number of halogens is 1. The molecule has 3 rings (SSSR count). The number of nitrogens with two attached hydrogens (primary N) is 1. The molecule has 0 saturated carbocycles. The lowest BCUT2D eigenvalue weighted by Gasteiger charge is -2.18. The van der Waals surface area contributed by atoms with E-state index < -0.39 is 10.0 Å². The number of nitrogen functional groups attached to an aromatic ring is 1. The van der Waals surface area contributed by atoms with Crippen molar-refractivity contribution in [2.24, 2.45) is 0 Å². The maximum absolute atomic E-state index is 13.1. The first-order valence-electron chi connectivity index (χ1n) is 9.35. The van der Waals surface area contributed by atoms with E-state index in [0.29, 0.717) is 36.1 Å². The fourth-order valence-electron chi connectivity index (χ4n) is 2.82. The van der Waals surface area contributed by atoms with Gasteiger partial charge in [0.2, 0.25) is 10.0 Å². The van der Waals surface area contributed by atoms with Crippen LogP contribution in [0.1, 0.15) is 13.8 Å². The number of anilines is 5. The van der Waals surface area contributed by atoms with Crippen LogP contribution in [0, 0.1) is 5.82 Å². The molecule has 4 N–H and O–H groups in total. The van der Waals surface area contributed by atoms with Crippen molar-refractivity contribution in [3.8, 4) is 0 Å². The van der Waals surface area contributed by atoms with Gasteiger partial charge in [0, 0.05) is 24.5 Å². The number of benzene rings is 2. The first kappa shape index (κ1) is 21.5. The molecule has 1 aromatic heterocycles. The Morgan fingerprint density at radius 1 is 0.900 bits per heavy atom. The maximum atomic E-state index is 13.1. The maximum Gasteiger partial charge on any atom is 0.243 e. The third-order valence-corrected chi connectivity index (χ3v) is 6.52. The second kappa shape index (κ2) is 9.06. The largest absolute Gasteiger partial charge is 0.393 e. The number of hydrogen-bond acceptors (Lipinski definition) is 7. The first-order valence-corrected chi connectivity index (χ1v) is 10.8. The number of aromatic nitrogens is 2. The van der Waals surface area contributed by atoms with Gasteiger partial charge in [-0.25, -0.2) is 22.8 Å². The summed E-state index contributed by atoms with van der Waals surface area (Å²) in [5.74, 6) is 0.374. The lowest BCUT2D eigenvalue weighted by molar-refractivity contribution is 0.445. The summed E-state index contributed by atoms with van der Waals surface area (Å²) < 4.78 is 39.6. The molecule has 0 aliphatic rings. The van der Waals surface area contributed by atoms with Crippen LogP contribution >= 0.6 is 0 Å². The number of sulfonamides is 1. The van der Waals surface area contributed by atoms with Gasteiger partial charge in [-0.15, -0.1) is 0 Å². The van der Waals surface area contributed by atoms with Crippen molar-refractivity contribution >= 4 is 38.7 Å². The summed E-state index contributed by atoms with van der Waals surface area (Å²) in [4.78, 5) is 8.47. The van der Waals surface area contributed by atoms with E-state index in [2.05, 4.69) is 20.6 Å². The van der Waals surface area contributed by atoms with E-state index in [1.54, 1.807) is 38.1 Å². The van der Waals surface area contributed by atoms with Crippen LogP contribution in [0.2, 0.25) is 0 Å². The SMILES string of the molecule is CCN(CC)S(=O)(=O)c1ccc(Nc2ncnc(Nc3ccc(F)cc3)c2N)cc1. The van der Waals surface area contributed by atoms with Crippen molar-refractivity contribution in [1.82, 2.24) is 14.3 Å². The Bertz CT molecular complexity index is 1100. The van der Waals surface area contributed by atoms with Gasteiger partial charge >= 0.3 is 0 Å². The highest BCUT2D eigenvalue weighted by Crippen LogP contribution is 2.28. The summed E-state index contributed by atoms with van der Waals surface area (Å²) in [6, 6.07) is 12.1. The lowest BCUT2D eigenvalue weighted by atomic mass is 10.3. The van der Waals surface area contributed by atoms with E-state index in [4.69, 9.17) is 5.73 Å². The Hall–Kier alpha value is -3.24. The molecule has 1 heterocycles. The normalized spacial score (nSPS) is 11.5. The molecule has 0 aliphatic heterocycles. The van der Waals surface area contributed by atoms with Gasteiger partial charge in [-0.3, -0.25) is 0 Å². The molecule has 0 amide bonds. The van der Waals surface area contributed by atoms with Crippen LogP contribution in [0.15, 0.2) is 59.8 Å². The number of nitrogens with zero attached hydrogens (tertiary/aromatic N) is 3. The standard InChI is InChI=1S/C20H23FN6O2S/c1-3-27(4-2)30(28,29)17-11-9-16(10-12-17)26-20-18(22)19(23-13-24-20)25-15-7-5-14(21)6-8-15/h5-13H,3-4,22H2,1-2H3,(H2,23,24,25,26). The Labute approximate surface area is 175 Å². The highest BCUT2D eigenvalue weighted by atomic mass is 32.2. The average Bonchev–Trinajstić information content (AvgIpc) is 2.73. The van der Waals surface area contributed by atoms with E-state index in [1.165, 1.54) is 34.9 Å². The van der Waals surface area contributed by atoms with Gasteiger partial charge in [0.25, 0.3) is 0 Å². The summed E-state index contributed by atoms with van der Waals surface area (Å²) in [6.45, 7) is 4.40. The molecule has 0 atom stereocenters. The zero-order valence-corrected chi connectivity index (χ0v) is 17.4. The minimum absolute atomic E-state index is 0.214. The van der Waals surface area contributed by atoms with Crippen molar-refractivity contribution in [2.45, 2.75) is 18.7 Å². The van der Waals surface area contributed by atoms with Crippen LogP contribution in [-0.4, -0.2) is 35.8 Å². The predicted molar refractivity (Wildman–Crippen MR) is 116 cm³/mol. The second-order valence-electron chi connectivity index (χ2n) is 6.36. The molecule has 30 heavy (non-hydrogen) atoms. The van der Waals surface area contributed by atoms with Crippen molar-refractivity contribution < 1.29 is 12.8 Å². The Kier molecular flexibility index (Phi) is 6.48. The van der Waals surface area contributed by atoms with Gasteiger partial charge in [0.15, 0.2) is 11.6 Å². The van der Waals surface area contributed by atoms with Gasteiger partial charge < -0.3 is 16.4 Å². The summed E-state index contributed by atoms with van der Waals surface area (Å²) in [7, 11) is -3.52. The summed E-state index contributed by atoms with van der Waals surface area (Å²) in [5.41, 5.74) is 7.66. The van der Waals surface area contributed by atoms with E-state index in [9.17, 15) is 12.8 Å². The summed E-state index contributed by atoms with van der Waals surface area (Å²) >= 11 is 0. The lowest BCUT2D eigenvalue weighted by Crippen LogP contribution is -2.30. The minimum atomic E-state index is -3.52. The van der Waals surface area contributed by atoms with Crippen LogP contribution in [-0.2, 0) is 10.0 Å². The van der Waals surface area contributed by atoms with E-state index >= 15 is 0 Å². The van der Waals surface area contributed by atoms with Crippen molar-refractivity contribution in [1.29, 1.82) is 0 Å². The number of nitrogens with one attached hydrogen (secondary N) is 2. The number of hydrogen-bond donors (Lipinski definition) is 3. The van der Waals surface area contributed by atoms with E-state index in [1.807, 2.05) is 0 Å². The molecule has 0 bridgehead atoms. The minimum Gasteiger partial charge on any atom is -0.393 e. The molecular weight excluding hydrogens is 407 g/mol. The predicted octanol–water partition coefficient (Wildman–Crippen LogP) is 3.72. The van der Waals surface area contributed by atoms with Crippen LogP contribution in [0.25, 0.3) is 0 Å². The molecule has 0 spiro atoms. The second-order valence-corrected chi connectivity index (χ2v) is 8.29. The molecule has 0 unspecified atom stereocenters. The van der Waals surface area contributed by atoms with Gasteiger partial charge in [-0.1, -0.05) is 13.8 Å². The van der Waals surface area contributed by atoms with Crippen LogP contribution in [0.5, 0.6) is 0 Å². The third kappa shape index (κ3) is 4.66. The van der Waals surface area contributed by atoms with Crippen molar-refractivity contribution in [2.75, 3.05) is 29.5 Å². The smallest absolute Gasteiger partial charge is 0.243 e. The molecule has 158 valence electrons. The Morgan fingerprint density at radius 3 is 1.83 bits per heavy atom. The third-order valence-electron chi connectivity index (χ3n) is 4.45. The molecular formula is C20H23FN6O2S. The molecule has 10 heteroatoms. The average molecular weight is 431 g/mol. The molecule has 0 aliphatic carbocycles. The van der Waals surface area contributed by atoms with Crippen LogP contribution in [0.4, 0.5) is 33.1 Å². The highest BCUT2D eigenvalue weighted by Gasteiger charge is 2.21. The van der Waals surface area contributed by atoms with Gasteiger partial charge in [-0.05, 0) is 48.5 Å². The Balaban J connectivity index is 1.79. The fourth-order valence-corrected chi connectivity index (χ4v) is 4.28. The molecule has 0 saturated heterocycles. The molecule has 0 fully saturated rings. The van der Waals surface area contributed by atoms with E-state index in [-0.39, 0.29) is 16.4 Å².